The van der Waals surface area contributed by atoms with Crippen molar-refractivity contribution in [3.63, 3.8) is 0 Å². The van der Waals surface area contributed by atoms with Gasteiger partial charge in [-0.2, -0.15) is 5.10 Å². The lowest BCUT2D eigenvalue weighted by Crippen LogP contribution is -2.24. The molecule has 0 fully saturated rings. The van der Waals surface area contributed by atoms with Gasteiger partial charge in [0.2, 0.25) is 11.3 Å². The van der Waals surface area contributed by atoms with Gasteiger partial charge in [0.05, 0.1) is 23.2 Å². The maximum absolute atomic E-state index is 13.2. The molecular formula is C27H28N8O2. The largest absolute Gasteiger partial charge is 0.384 e. The molecule has 188 valence electrons. The number of aromatic amines is 1. The Morgan fingerprint density at radius 2 is 1.95 bits per heavy atom. The van der Waals surface area contributed by atoms with Crippen LogP contribution < -0.4 is 16.5 Å². The molecule has 0 unspecified atom stereocenters. The van der Waals surface area contributed by atoms with Crippen LogP contribution in [-0.2, 0) is 31.4 Å². The van der Waals surface area contributed by atoms with E-state index in [0.717, 1.165) is 22.4 Å². The highest BCUT2D eigenvalue weighted by Crippen LogP contribution is 2.26. The number of anilines is 1. The van der Waals surface area contributed by atoms with Gasteiger partial charge in [-0.05, 0) is 31.5 Å². The molecule has 0 radical (unpaired) electrons. The van der Waals surface area contributed by atoms with Crippen molar-refractivity contribution < 1.29 is 4.79 Å². The molecule has 0 spiro atoms. The molecule has 4 aromatic heterocycles. The number of nitrogen functional groups attached to an aromatic ring is 1. The van der Waals surface area contributed by atoms with Gasteiger partial charge in [0.1, 0.15) is 22.9 Å². The first-order chi connectivity index (χ1) is 17.9. The number of rotatable bonds is 7. The minimum Gasteiger partial charge on any atom is -0.384 e. The van der Waals surface area contributed by atoms with Crippen LogP contribution in [0.25, 0.3) is 33.7 Å². The number of nitrogens with two attached hydrogens (primary N) is 1. The van der Waals surface area contributed by atoms with Crippen molar-refractivity contribution in [1.29, 1.82) is 0 Å². The van der Waals surface area contributed by atoms with E-state index < -0.39 is 0 Å². The molecule has 37 heavy (non-hydrogen) atoms. The fourth-order valence-electron chi connectivity index (χ4n) is 4.50. The van der Waals surface area contributed by atoms with E-state index in [1.807, 2.05) is 62.0 Å². The number of hydrogen-bond donors (Lipinski definition) is 3. The van der Waals surface area contributed by atoms with Crippen molar-refractivity contribution in [2.45, 2.75) is 33.4 Å². The molecule has 0 atom stereocenters. The summed E-state index contributed by atoms with van der Waals surface area (Å²) in [6.45, 7) is 4.87. The maximum Gasteiger partial charge on any atom is 0.224 e. The summed E-state index contributed by atoms with van der Waals surface area (Å²) in [4.78, 5) is 37.7. The van der Waals surface area contributed by atoms with E-state index in [0.29, 0.717) is 47.0 Å². The second-order valence-corrected chi connectivity index (χ2v) is 8.90. The number of carbonyl (C=O) groups is 1. The minimum atomic E-state index is -0.214. The number of H-pyrrole nitrogens is 1. The summed E-state index contributed by atoms with van der Waals surface area (Å²) in [6, 6.07) is 11.3. The van der Waals surface area contributed by atoms with Crippen molar-refractivity contribution in [3.8, 4) is 22.6 Å². The lowest BCUT2D eigenvalue weighted by molar-refractivity contribution is -0.120. The van der Waals surface area contributed by atoms with E-state index in [1.165, 1.54) is 0 Å². The Kier molecular flexibility index (Phi) is 6.31. The van der Waals surface area contributed by atoms with E-state index in [4.69, 9.17) is 10.7 Å². The number of amides is 1. The van der Waals surface area contributed by atoms with Gasteiger partial charge in [0.25, 0.3) is 0 Å². The summed E-state index contributed by atoms with van der Waals surface area (Å²) in [6.07, 6.45) is 5.42. The van der Waals surface area contributed by atoms with E-state index >= 15 is 0 Å². The number of imidazole rings is 1. The highest BCUT2D eigenvalue weighted by atomic mass is 16.1. The summed E-state index contributed by atoms with van der Waals surface area (Å²) < 4.78 is 3.56. The van der Waals surface area contributed by atoms with E-state index in [-0.39, 0.29) is 17.8 Å². The van der Waals surface area contributed by atoms with E-state index in [1.54, 1.807) is 23.1 Å². The van der Waals surface area contributed by atoms with Gasteiger partial charge in [0.15, 0.2) is 0 Å². The molecule has 0 saturated carbocycles. The lowest BCUT2D eigenvalue weighted by Gasteiger charge is -2.15. The molecule has 0 aliphatic carbocycles. The second-order valence-electron chi connectivity index (χ2n) is 8.90. The van der Waals surface area contributed by atoms with Crippen LogP contribution in [0.15, 0.2) is 59.8 Å². The van der Waals surface area contributed by atoms with Crippen LogP contribution in [-0.4, -0.2) is 35.2 Å². The van der Waals surface area contributed by atoms with Crippen molar-refractivity contribution in [2.75, 3.05) is 5.73 Å². The summed E-state index contributed by atoms with van der Waals surface area (Å²) in [5, 5.41) is 7.72. The zero-order valence-electron chi connectivity index (χ0n) is 20.9. The number of nitrogens with zero attached hydrogens (tertiary/aromatic N) is 5. The molecule has 1 amide bonds. The predicted molar refractivity (Wildman–Crippen MR) is 143 cm³/mol. The van der Waals surface area contributed by atoms with E-state index in [2.05, 4.69) is 20.4 Å². The average Bonchev–Trinajstić information content (AvgIpc) is 3.52. The van der Waals surface area contributed by atoms with Crippen LogP contribution in [0.4, 0.5) is 5.82 Å². The number of nitrogens with one attached hydrogen (secondary N) is 2. The number of pyridine rings is 2. The summed E-state index contributed by atoms with van der Waals surface area (Å²) in [5.41, 5.74) is 11.4. The molecule has 10 heteroatoms. The third-order valence-electron chi connectivity index (χ3n) is 6.41. The van der Waals surface area contributed by atoms with Gasteiger partial charge in [-0.1, -0.05) is 24.3 Å². The Bertz CT molecular complexity index is 1650. The monoisotopic (exact) mass is 496 g/mol. The molecular weight excluding hydrogens is 468 g/mol. The zero-order chi connectivity index (χ0) is 26.1. The van der Waals surface area contributed by atoms with Crippen LogP contribution in [0.1, 0.15) is 23.7 Å². The van der Waals surface area contributed by atoms with Crippen LogP contribution >= 0.6 is 0 Å². The van der Waals surface area contributed by atoms with Gasteiger partial charge in [-0.25, -0.2) is 9.97 Å². The van der Waals surface area contributed by atoms with Crippen molar-refractivity contribution in [1.82, 2.24) is 34.6 Å². The molecule has 10 nitrogen and oxygen atoms in total. The molecule has 4 heterocycles. The SMILES string of the molecule is CCn1c(N)c(-c2ncc[nH]2)c(=O)c2ccc(-c3ccc(CC(=O)NCc4cn(C)nc4C)cc3)nc21. The summed E-state index contributed by atoms with van der Waals surface area (Å²) in [5.74, 6) is 0.697. The summed E-state index contributed by atoms with van der Waals surface area (Å²) in [7, 11) is 1.86. The number of aryl methyl sites for hydroxylation is 3. The first-order valence-electron chi connectivity index (χ1n) is 12.0. The van der Waals surface area contributed by atoms with Crippen LogP contribution in [0, 0.1) is 6.92 Å². The lowest BCUT2D eigenvalue weighted by atomic mass is 10.1. The van der Waals surface area contributed by atoms with Gasteiger partial charge < -0.3 is 20.6 Å². The number of aromatic nitrogens is 6. The number of hydrogen-bond acceptors (Lipinski definition) is 6. The van der Waals surface area contributed by atoms with Crippen molar-refractivity contribution >= 4 is 22.8 Å². The first-order valence-corrected chi connectivity index (χ1v) is 12.0. The Hall–Kier alpha value is -4.73. The van der Waals surface area contributed by atoms with Crippen LogP contribution in [0.3, 0.4) is 0 Å². The van der Waals surface area contributed by atoms with Crippen LogP contribution in [0.2, 0.25) is 0 Å². The third-order valence-corrected chi connectivity index (χ3v) is 6.41. The minimum absolute atomic E-state index is 0.0605. The molecule has 5 aromatic rings. The Balaban J connectivity index is 1.38. The number of fused-ring (bicyclic) bond motifs is 1. The summed E-state index contributed by atoms with van der Waals surface area (Å²) >= 11 is 0. The fraction of sp³-hybridized carbons (Fsp3) is 0.222. The number of benzene rings is 1. The maximum atomic E-state index is 13.2. The van der Waals surface area contributed by atoms with Crippen LogP contribution in [0.5, 0.6) is 0 Å². The Labute approximate surface area is 213 Å². The molecule has 0 aliphatic heterocycles. The molecule has 0 aliphatic rings. The average molecular weight is 497 g/mol. The normalized spacial score (nSPS) is 11.2. The Morgan fingerprint density at radius 3 is 2.59 bits per heavy atom. The second kappa shape index (κ2) is 9.73. The topological polar surface area (TPSA) is 137 Å². The molecule has 4 N–H and O–H groups in total. The Morgan fingerprint density at radius 1 is 1.16 bits per heavy atom. The van der Waals surface area contributed by atoms with E-state index in [9.17, 15) is 9.59 Å². The van der Waals surface area contributed by atoms with Crippen molar-refractivity contribution in [2.24, 2.45) is 7.05 Å². The quantitative estimate of drug-likeness (QED) is 0.317. The molecule has 0 bridgehead atoms. The highest BCUT2D eigenvalue weighted by Gasteiger charge is 2.19. The molecule has 0 saturated heterocycles. The van der Waals surface area contributed by atoms with Gasteiger partial charge >= 0.3 is 0 Å². The first kappa shape index (κ1) is 24.0. The standard InChI is InChI=1S/C27H28N8O2/c1-4-35-25(28)23(26-29-11-12-30-26)24(37)20-9-10-21(32-27(20)35)18-7-5-17(6-8-18)13-22(36)31-14-19-15-34(3)33-16(19)2/h5-12,15H,4,13-14,28H2,1-3H3,(H,29,30)(H,31,36). The third kappa shape index (κ3) is 4.61. The van der Waals surface area contributed by atoms with Gasteiger partial charge in [0, 0.05) is 49.9 Å². The van der Waals surface area contributed by atoms with Crippen molar-refractivity contribution in [3.05, 3.63) is 82.0 Å². The number of carbonyl (C=O) groups excluding carboxylic acids is 1. The highest BCUT2D eigenvalue weighted by molar-refractivity contribution is 5.87. The molecule has 5 rings (SSSR count). The predicted octanol–water partition coefficient (Wildman–Crippen LogP) is 2.96. The fourth-order valence-corrected chi connectivity index (χ4v) is 4.50. The smallest absolute Gasteiger partial charge is 0.224 e. The molecule has 1 aromatic carbocycles. The zero-order valence-corrected chi connectivity index (χ0v) is 20.9. The van der Waals surface area contributed by atoms with Gasteiger partial charge in [-0.15, -0.1) is 0 Å². The van der Waals surface area contributed by atoms with Gasteiger partial charge in [-0.3, -0.25) is 14.3 Å².